The van der Waals surface area contributed by atoms with Crippen LogP contribution in [-0.4, -0.2) is 98.3 Å². The first-order valence-electron chi connectivity index (χ1n) is 22.9. The second kappa shape index (κ2) is 37.4. The van der Waals surface area contributed by atoms with Crippen LogP contribution in [0.5, 0.6) is 0 Å². The molecule has 62 heavy (non-hydrogen) atoms. The molecule has 1 aliphatic rings. The number of phosphoric ester groups is 1. The molecule has 13 nitrogen and oxygen atoms in total. The maximum absolute atomic E-state index is 12.8. The van der Waals surface area contributed by atoms with Crippen molar-refractivity contribution in [1.82, 2.24) is 0 Å². The lowest BCUT2D eigenvalue weighted by molar-refractivity contribution is -0.220. The smallest absolute Gasteiger partial charge is 0.462 e. The number of phosphoric acid groups is 1. The summed E-state index contributed by atoms with van der Waals surface area (Å²) in [6.07, 6.45) is 35.1. The lowest BCUT2D eigenvalue weighted by Crippen LogP contribution is -2.64. The molecule has 0 bridgehead atoms. The molecule has 14 heteroatoms. The minimum Gasteiger partial charge on any atom is -0.462 e. The molecule has 0 aliphatic heterocycles. The Bertz CT molecular complexity index is 1400. The number of carbonyl (C=O) groups excluding carboxylic acids is 2. The fourth-order valence-electron chi connectivity index (χ4n) is 6.31. The molecule has 1 aliphatic carbocycles. The topological polar surface area (TPSA) is 210 Å². The zero-order chi connectivity index (χ0) is 45.7. The van der Waals surface area contributed by atoms with Gasteiger partial charge in [0.05, 0.1) is 6.61 Å². The molecule has 0 aromatic heterocycles. The molecular weight excluding hydrogens is 815 g/mol. The molecule has 354 valence electrons. The SMILES string of the molecule is CC/C=C/C/C=C/C/C=C/C/C=C/C/C=C/CCCCCCC(=O)OCC(COP(=O)(O)OC1C(O)C(O)C(O)[C@H](O)C1O)OC(=O)CC/C=C/C/C=C/CCCCCCCC. The second-order valence-electron chi connectivity index (χ2n) is 15.5. The fourth-order valence-corrected chi connectivity index (χ4v) is 7.28. The van der Waals surface area contributed by atoms with Crippen LogP contribution < -0.4 is 0 Å². The zero-order valence-electron chi connectivity index (χ0n) is 37.4. The Morgan fingerprint density at radius 3 is 1.47 bits per heavy atom. The zero-order valence-corrected chi connectivity index (χ0v) is 38.3. The van der Waals surface area contributed by atoms with E-state index in [-0.39, 0.29) is 12.8 Å². The Morgan fingerprint density at radius 1 is 0.516 bits per heavy atom. The first-order chi connectivity index (χ1) is 29.9. The lowest BCUT2D eigenvalue weighted by atomic mass is 9.85. The largest absolute Gasteiger partial charge is 0.472 e. The first-order valence-corrected chi connectivity index (χ1v) is 24.4. The lowest BCUT2D eigenvalue weighted by Gasteiger charge is -2.41. The minimum absolute atomic E-state index is 0.0199. The first kappa shape index (κ1) is 57.0. The monoisotopic (exact) mass is 895 g/mol. The number of aliphatic hydroxyl groups excluding tert-OH is 5. The van der Waals surface area contributed by atoms with Crippen molar-refractivity contribution in [2.24, 2.45) is 0 Å². The number of ether oxygens (including phenoxy) is 2. The molecule has 0 aromatic carbocycles. The molecular formula is C48H79O13P. The molecule has 0 heterocycles. The second-order valence-corrected chi connectivity index (χ2v) is 16.9. The van der Waals surface area contributed by atoms with Crippen LogP contribution in [0.1, 0.15) is 149 Å². The number of unbranched alkanes of at least 4 members (excludes halogenated alkanes) is 10. The van der Waals surface area contributed by atoms with Gasteiger partial charge in [-0.3, -0.25) is 18.6 Å². The van der Waals surface area contributed by atoms with Crippen molar-refractivity contribution >= 4 is 19.8 Å². The number of aliphatic hydroxyl groups is 5. The Hall–Kier alpha value is -2.97. The number of hydrogen-bond acceptors (Lipinski definition) is 12. The number of rotatable bonds is 36. The maximum Gasteiger partial charge on any atom is 0.472 e. The average Bonchev–Trinajstić information content (AvgIpc) is 3.25. The quantitative estimate of drug-likeness (QED) is 0.0150. The van der Waals surface area contributed by atoms with Gasteiger partial charge in [-0.25, -0.2) is 4.57 Å². The third-order valence-electron chi connectivity index (χ3n) is 9.98. The van der Waals surface area contributed by atoms with Crippen molar-refractivity contribution in [2.45, 2.75) is 191 Å². The third kappa shape index (κ3) is 29.4. The molecule has 8 atom stereocenters. The Morgan fingerprint density at radius 2 is 0.952 bits per heavy atom. The highest BCUT2D eigenvalue weighted by atomic mass is 31.2. The van der Waals surface area contributed by atoms with Gasteiger partial charge < -0.3 is 39.9 Å². The molecule has 0 amide bonds. The van der Waals surface area contributed by atoms with Gasteiger partial charge in [-0.1, -0.05) is 144 Å². The summed E-state index contributed by atoms with van der Waals surface area (Å²) in [5, 5.41) is 50.1. The number of esters is 2. The van der Waals surface area contributed by atoms with E-state index in [1.807, 2.05) is 12.2 Å². The average molecular weight is 895 g/mol. The van der Waals surface area contributed by atoms with Crippen LogP contribution in [0.4, 0.5) is 0 Å². The standard InChI is InChI=1S/C48H79O13P/c1-3-5-7-9-11-13-15-17-18-19-20-21-22-23-25-26-28-30-32-34-36-41(49)58-38-40(39-59-62(56,57)61-48-46(54)44(52)43(51)45(53)47(48)55)60-42(50)37-35-33-31-29-27-24-16-14-12-10-8-6-4-2/h5,7,11,13,17-18,20-21,23-25,27,31,33,40,43-48,51-55H,3-4,6,8-10,12,14-16,19,22,26,28-30,32,34-39H2,1-2H3,(H,56,57)/b7-5+,13-11+,18-17+,21-20+,25-23+,27-24+,33-31+/t40?,43?,44-,45?,46?,47?,48?/m0/s1. The summed E-state index contributed by atoms with van der Waals surface area (Å²) in [6.45, 7) is 3.08. The van der Waals surface area contributed by atoms with Gasteiger partial charge in [-0.15, -0.1) is 0 Å². The van der Waals surface area contributed by atoms with Crippen LogP contribution in [0, 0.1) is 0 Å². The van der Waals surface area contributed by atoms with E-state index in [1.54, 1.807) is 0 Å². The number of allylic oxidation sites excluding steroid dienone is 14. The maximum atomic E-state index is 12.8. The van der Waals surface area contributed by atoms with E-state index in [9.17, 15) is 44.6 Å². The molecule has 0 radical (unpaired) electrons. The van der Waals surface area contributed by atoms with Crippen LogP contribution in [0.15, 0.2) is 85.1 Å². The summed E-state index contributed by atoms with van der Waals surface area (Å²) in [7, 11) is -5.14. The summed E-state index contributed by atoms with van der Waals surface area (Å²) < 4.78 is 33.4. The van der Waals surface area contributed by atoms with Crippen molar-refractivity contribution in [3.05, 3.63) is 85.1 Å². The molecule has 1 saturated carbocycles. The molecule has 1 fully saturated rings. The molecule has 0 aromatic rings. The van der Waals surface area contributed by atoms with Crippen molar-refractivity contribution in [1.29, 1.82) is 0 Å². The van der Waals surface area contributed by atoms with E-state index in [2.05, 4.69) is 86.8 Å². The predicted octanol–water partition coefficient (Wildman–Crippen LogP) is 8.89. The van der Waals surface area contributed by atoms with E-state index in [4.69, 9.17) is 18.5 Å². The van der Waals surface area contributed by atoms with Gasteiger partial charge in [0.2, 0.25) is 0 Å². The predicted molar refractivity (Wildman–Crippen MR) is 244 cm³/mol. The Balaban J connectivity index is 2.50. The van der Waals surface area contributed by atoms with Crippen LogP contribution in [-0.2, 0) is 32.7 Å². The van der Waals surface area contributed by atoms with E-state index in [1.165, 1.54) is 38.5 Å². The van der Waals surface area contributed by atoms with E-state index in [0.29, 0.717) is 12.8 Å². The molecule has 0 spiro atoms. The highest BCUT2D eigenvalue weighted by Gasteiger charge is 2.51. The van der Waals surface area contributed by atoms with Gasteiger partial charge in [-0.2, -0.15) is 0 Å². The minimum atomic E-state index is -5.14. The Kier molecular flexibility index (Phi) is 34.4. The van der Waals surface area contributed by atoms with Gasteiger partial charge >= 0.3 is 19.8 Å². The van der Waals surface area contributed by atoms with Gasteiger partial charge in [-0.05, 0) is 77.0 Å². The summed E-state index contributed by atoms with van der Waals surface area (Å²) in [4.78, 5) is 35.6. The normalized spacial score (nSPS) is 22.6. The summed E-state index contributed by atoms with van der Waals surface area (Å²) in [6, 6.07) is 0. The van der Waals surface area contributed by atoms with Crippen molar-refractivity contribution < 1.29 is 63.1 Å². The van der Waals surface area contributed by atoms with Crippen LogP contribution in [0.3, 0.4) is 0 Å². The highest BCUT2D eigenvalue weighted by molar-refractivity contribution is 7.47. The molecule has 7 unspecified atom stereocenters. The summed E-state index contributed by atoms with van der Waals surface area (Å²) in [5.41, 5.74) is 0. The third-order valence-corrected chi connectivity index (χ3v) is 11.0. The van der Waals surface area contributed by atoms with Crippen LogP contribution in [0.2, 0.25) is 0 Å². The van der Waals surface area contributed by atoms with Gasteiger partial charge in [0, 0.05) is 12.8 Å². The van der Waals surface area contributed by atoms with Crippen LogP contribution >= 0.6 is 7.82 Å². The van der Waals surface area contributed by atoms with E-state index in [0.717, 1.165) is 70.6 Å². The highest BCUT2D eigenvalue weighted by Crippen LogP contribution is 2.47. The molecule has 0 saturated heterocycles. The van der Waals surface area contributed by atoms with Crippen molar-refractivity contribution in [2.75, 3.05) is 13.2 Å². The van der Waals surface area contributed by atoms with Crippen LogP contribution in [0.25, 0.3) is 0 Å². The van der Waals surface area contributed by atoms with Gasteiger partial charge in [0.1, 0.15) is 43.2 Å². The number of carbonyl (C=O) groups is 2. The summed E-state index contributed by atoms with van der Waals surface area (Å²) in [5.74, 6) is -1.22. The van der Waals surface area contributed by atoms with Gasteiger partial charge in [0.25, 0.3) is 0 Å². The number of hydrogen-bond donors (Lipinski definition) is 6. The Labute approximate surface area is 371 Å². The molecule has 1 rings (SSSR count). The molecule has 6 N–H and O–H groups in total. The summed E-state index contributed by atoms with van der Waals surface area (Å²) >= 11 is 0. The van der Waals surface area contributed by atoms with Crippen molar-refractivity contribution in [3.8, 4) is 0 Å². The fraction of sp³-hybridized carbons (Fsp3) is 0.667. The van der Waals surface area contributed by atoms with E-state index < -0.39 is 75.7 Å². The van der Waals surface area contributed by atoms with E-state index >= 15 is 0 Å². The van der Waals surface area contributed by atoms with Crippen molar-refractivity contribution in [3.63, 3.8) is 0 Å². The van der Waals surface area contributed by atoms with Gasteiger partial charge in [0.15, 0.2) is 6.10 Å².